The monoisotopic (exact) mass is 328 g/mol. The molecule has 106 valence electrons. The Hall–Kier alpha value is -1.07. The van der Waals surface area contributed by atoms with Crippen LogP contribution in [-0.2, 0) is 0 Å². The summed E-state index contributed by atoms with van der Waals surface area (Å²) in [5, 5.41) is 15.6. The first-order chi connectivity index (χ1) is 8.90. The van der Waals surface area contributed by atoms with Crippen LogP contribution in [0.2, 0.25) is 0 Å². The first-order valence-corrected chi connectivity index (χ1v) is 7.23. The molecular weight excluding hydrogens is 308 g/mol. The number of hydrogen-bond donors (Lipinski definition) is 3. The van der Waals surface area contributed by atoms with E-state index in [2.05, 4.69) is 26.6 Å². The van der Waals surface area contributed by atoms with Crippen molar-refractivity contribution in [3.63, 3.8) is 0 Å². The Morgan fingerprint density at radius 3 is 2.58 bits per heavy atom. The molecule has 4 nitrogen and oxygen atoms in total. The molecule has 1 rings (SSSR count). The molecule has 0 aliphatic carbocycles. The standard InChI is InChI=1S/C14H21BrN2O2/c1-4-14(19,5-2)9-16-13(18)17-12-8-11(15)7-6-10(12)3/h6-8,19H,4-5,9H2,1-3H3,(H2,16,17,18). The predicted octanol–water partition coefficient (Wildman–Crippen LogP) is 3.43. The summed E-state index contributed by atoms with van der Waals surface area (Å²) in [7, 11) is 0. The zero-order chi connectivity index (χ0) is 14.5. The lowest BCUT2D eigenvalue weighted by molar-refractivity contribution is 0.0354. The first-order valence-electron chi connectivity index (χ1n) is 6.43. The van der Waals surface area contributed by atoms with Crippen LogP contribution in [0.3, 0.4) is 0 Å². The fraction of sp³-hybridized carbons (Fsp3) is 0.500. The first kappa shape index (κ1) is 16.0. The number of rotatable bonds is 5. The molecule has 0 saturated carbocycles. The predicted molar refractivity (Wildman–Crippen MR) is 81.4 cm³/mol. The van der Waals surface area contributed by atoms with Gasteiger partial charge in [-0.25, -0.2) is 4.79 Å². The Morgan fingerprint density at radius 2 is 2.00 bits per heavy atom. The van der Waals surface area contributed by atoms with Crippen LogP contribution in [0.15, 0.2) is 22.7 Å². The molecule has 0 atom stereocenters. The van der Waals surface area contributed by atoms with Crippen molar-refractivity contribution in [3.8, 4) is 0 Å². The molecule has 0 bridgehead atoms. The van der Waals surface area contributed by atoms with Crippen molar-refractivity contribution in [2.75, 3.05) is 11.9 Å². The van der Waals surface area contributed by atoms with Crippen LogP contribution in [0, 0.1) is 6.92 Å². The van der Waals surface area contributed by atoms with Crippen LogP contribution >= 0.6 is 15.9 Å². The molecule has 19 heavy (non-hydrogen) atoms. The number of nitrogens with one attached hydrogen (secondary N) is 2. The smallest absolute Gasteiger partial charge is 0.319 e. The van der Waals surface area contributed by atoms with Gasteiger partial charge in [0.2, 0.25) is 0 Å². The number of aryl methyl sites for hydroxylation is 1. The van der Waals surface area contributed by atoms with E-state index in [1.807, 2.05) is 39.0 Å². The Balaban J connectivity index is 2.58. The van der Waals surface area contributed by atoms with Crippen molar-refractivity contribution >= 4 is 27.6 Å². The molecular formula is C14H21BrN2O2. The number of urea groups is 1. The van der Waals surface area contributed by atoms with Gasteiger partial charge in [0.25, 0.3) is 0 Å². The fourth-order valence-corrected chi connectivity index (χ4v) is 2.00. The molecule has 0 unspecified atom stereocenters. The summed E-state index contributed by atoms with van der Waals surface area (Å²) in [6, 6.07) is 5.39. The minimum Gasteiger partial charge on any atom is -0.388 e. The second-order valence-electron chi connectivity index (χ2n) is 4.70. The number of halogens is 1. The summed E-state index contributed by atoms with van der Waals surface area (Å²) in [4.78, 5) is 11.8. The molecule has 5 heteroatoms. The van der Waals surface area contributed by atoms with Crippen molar-refractivity contribution in [1.82, 2.24) is 5.32 Å². The lowest BCUT2D eigenvalue weighted by Gasteiger charge is -2.25. The summed E-state index contributed by atoms with van der Waals surface area (Å²) < 4.78 is 0.909. The third-order valence-corrected chi connectivity index (χ3v) is 3.84. The zero-order valence-corrected chi connectivity index (χ0v) is 13.2. The molecule has 1 aromatic rings. The Morgan fingerprint density at radius 1 is 1.37 bits per heavy atom. The maximum atomic E-state index is 11.8. The molecule has 0 aromatic heterocycles. The van der Waals surface area contributed by atoms with E-state index >= 15 is 0 Å². The number of aliphatic hydroxyl groups is 1. The van der Waals surface area contributed by atoms with E-state index in [0.29, 0.717) is 12.8 Å². The van der Waals surface area contributed by atoms with Gasteiger partial charge >= 0.3 is 6.03 Å². The van der Waals surface area contributed by atoms with E-state index in [9.17, 15) is 9.90 Å². The minimum absolute atomic E-state index is 0.249. The van der Waals surface area contributed by atoms with Crippen LogP contribution in [0.1, 0.15) is 32.3 Å². The highest BCUT2D eigenvalue weighted by Gasteiger charge is 2.22. The second-order valence-corrected chi connectivity index (χ2v) is 5.61. The summed E-state index contributed by atoms with van der Waals surface area (Å²) in [5.74, 6) is 0. The van der Waals surface area contributed by atoms with Gasteiger partial charge in [-0.15, -0.1) is 0 Å². The third kappa shape index (κ3) is 4.84. The largest absolute Gasteiger partial charge is 0.388 e. The van der Waals surface area contributed by atoms with E-state index in [-0.39, 0.29) is 12.6 Å². The molecule has 3 N–H and O–H groups in total. The number of amides is 2. The fourth-order valence-electron chi connectivity index (χ4n) is 1.64. The summed E-state index contributed by atoms with van der Waals surface area (Å²) >= 11 is 3.37. The molecule has 1 aromatic carbocycles. The molecule has 0 spiro atoms. The van der Waals surface area contributed by atoms with Gasteiger partial charge in [-0.05, 0) is 37.5 Å². The highest BCUT2D eigenvalue weighted by atomic mass is 79.9. The van der Waals surface area contributed by atoms with Crippen molar-refractivity contribution in [2.24, 2.45) is 0 Å². The van der Waals surface area contributed by atoms with Crippen molar-refractivity contribution in [1.29, 1.82) is 0 Å². The van der Waals surface area contributed by atoms with Gasteiger partial charge in [-0.3, -0.25) is 0 Å². The number of anilines is 1. The normalized spacial score (nSPS) is 11.2. The molecule has 2 amide bonds. The molecule has 0 aliphatic heterocycles. The highest BCUT2D eigenvalue weighted by molar-refractivity contribution is 9.10. The lowest BCUT2D eigenvalue weighted by atomic mass is 9.98. The maximum absolute atomic E-state index is 11.8. The van der Waals surface area contributed by atoms with E-state index < -0.39 is 5.60 Å². The Bertz CT molecular complexity index is 445. The average Bonchev–Trinajstić information content (AvgIpc) is 2.40. The van der Waals surface area contributed by atoms with E-state index in [1.54, 1.807) is 0 Å². The number of carbonyl (C=O) groups excluding carboxylic acids is 1. The van der Waals surface area contributed by atoms with Gasteiger partial charge in [0.1, 0.15) is 0 Å². The van der Waals surface area contributed by atoms with Crippen LogP contribution < -0.4 is 10.6 Å². The van der Waals surface area contributed by atoms with E-state index in [4.69, 9.17) is 0 Å². The molecule has 0 aliphatic rings. The number of benzene rings is 1. The van der Waals surface area contributed by atoms with Gasteiger partial charge in [0, 0.05) is 16.7 Å². The Kier molecular flexibility index (Phi) is 5.82. The van der Waals surface area contributed by atoms with Gasteiger partial charge in [-0.1, -0.05) is 35.8 Å². The maximum Gasteiger partial charge on any atom is 0.319 e. The van der Waals surface area contributed by atoms with Crippen LogP contribution in [0.5, 0.6) is 0 Å². The molecule has 0 radical (unpaired) electrons. The third-order valence-electron chi connectivity index (χ3n) is 3.34. The summed E-state index contributed by atoms with van der Waals surface area (Å²) in [6.45, 7) is 5.98. The minimum atomic E-state index is -0.830. The van der Waals surface area contributed by atoms with Crippen LogP contribution in [0.25, 0.3) is 0 Å². The quantitative estimate of drug-likeness (QED) is 0.775. The van der Waals surface area contributed by atoms with Crippen LogP contribution in [0.4, 0.5) is 10.5 Å². The highest BCUT2D eigenvalue weighted by Crippen LogP contribution is 2.20. The van der Waals surface area contributed by atoms with Crippen LogP contribution in [-0.4, -0.2) is 23.3 Å². The Labute approximate surface area is 122 Å². The van der Waals surface area contributed by atoms with Gasteiger partial charge < -0.3 is 15.7 Å². The zero-order valence-electron chi connectivity index (χ0n) is 11.6. The summed E-state index contributed by atoms with van der Waals surface area (Å²) in [5.41, 5.74) is 0.909. The lowest BCUT2D eigenvalue weighted by Crippen LogP contribution is -2.43. The van der Waals surface area contributed by atoms with Crippen molar-refractivity contribution < 1.29 is 9.90 Å². The van der Waals surface area contributed by atoms with E-state index in [1.165, 1.54) is 0 Å². The second kappa shape index (κ2) is 6.91. The molecule has 0 heterocycles. The van der Waals surface area contributed by atoms with Gasteiger partial charge in [0.05, 0.1) is 5.60 Å². The molecule has 0 fully saturated rings. The van der Waals surface area contributed by atoms with Crippen molar-refractivity contribution in [2.45, 2.75) is 39.2 Å². The SMILES string of the molecule is CCC(O)(CC)CNC(=O)Nc1cc(Br)ccc1C. The van der Waals surface area contributed by atoms with Crippen molar-refractivity contribution in [3.05, 3.63) is 28.2 Å². The number of carbonyl (C=O) groups is 1. The molecule has 0 saturated heterocycles. The average molecular weight is 329 g/mol. The topological polar surface area (TPSA) is 61.4 Å². The van der Waals surface area contributed by atoms with Gasteiger partial charge in [-0.2, -0.15) is 0 Å². The van der Waals surface area contributed by atoms with E-state index in [0.717, 1.165) is 15.7 Å². The number of hydrogen-bond acceptors (Lipinski definition) is 2. The summed E-state index contributed by atoms with van der Waals surface area (Å²) in [6.07, 6.45) is 1.22. The van der Waals surface area contributed by atoms with Gasteiger partial charge in [0.15, 0.2) is 0 Å².